The Kier molecular flexibility index (Phi) is 5.44. The highest BCUT2D eigenvalue weighted by molar-refractivity contribution is 6.06. The van der Waals surface area contributed by atoms with Gasteiger partial charge in [0.05, 0.1) is 5.56 Å². The van der Waals surface area contributed by atoms with Crippen molar-refractivity contribution in [2.45, 2.75) is 13.5 Å². The van der Waals surface area contributed by atoms with Crippen LogP contribution in [0.1, 0.15) is 33.2 Å². The molecule has 0 saturated heterocycles. The summed E-state index contributed by atoms with van der Waals surface area (Å²) >= 11 is 0. The number of para-hydroxylation sites is 1. The molecule has 0 heterocycles. The largest absolute Gasteiger partial charge is 0.488 e. The number of nitrogens with one attached hydrogen (secondary N) is 1. The molecule has 3 aromatic carbocycles. The van der Waals surface area contributed by atoms with Gasteiger partial charge in [-0.05, 0) is 36.8 Å². The first-order valence-corrected chi connectivity index (χ1v) is 8.31. The van der Waals surface area contributed by atoms with Gasteiger partial charge in [-0.15, -0.1) is 0 Å². The molecule has 4 nitrogen and oxygen atoms in total. The molecule has 0 bridgehead atoms. The van der Waals surface area contributed by atoms with E-state index in [4.69, 9.17) is 4.74 Å². The molecule has 1 amide bonds. The Balaban J connectivity index is 1.75. The van der Waals surface area contributed by atoms with Gasteiger partial charge in [0.1, 0.15) is 12.4 Å². The molecule has 0 radical (unpaired) electrons. The van der Waals surface area contributed by atoms with Crippen LogP contribution in [0.25, 0.3) is 0 Å². The summed E-state index contributed by atoms with van der Waals surface area (Å²) in [5.41, 5.74) is 2.59. The molecule has 3 rings (SSSR count). The minimum absolute atomic E-state index is 0.0484. The van der Waals surface area contributed by atoms with E-state index < -0.39 is 0 Å². The van der Waals surface area contributed by atoms with Gasteiger partial charge in [-0.3, -0.25) is 9.59 Å². The standard InChI is InChI=1S/C22H19NO3/c1-16(24)18-10-7-11-19(14-18)23-22(25)20-12-5-6-13-21(20)26-15-17-8-3-2-4-9-17/h2-14H,15H2,1H3,(H,23,25). The summed E-state index contributed by atoms with van der Waals surface area (Å²) < 4.78 is 5.83. The maximum atomic E-state index is 12.7. The minimum Gasteiger partial charge on any atom is -0.488 e. The summed E-state index contributed by atoms with van der Waals surface area (Å²) in [6, 6.07) is 23.7. The lowest BCUT2D eigenvalue weighted by atomic mass is 10.1. The van der Waals surface area contributed by atoms with Crippen LogP contribution in [-0.4, -0.2) is 11.7 Å². The summed E-state index contributed by atoms with van der Waals surface area (Å²) in [6.45, 7) is 1.87. The molecular weight excluding hydrogens is 326 g/mol. The number of benzene rings is 3. The lowest BCUT2D eigenvalue weighted by molar-refractivity contribution is 0.100. The molecule has 0 fully saturated rings. The number of ether oxygens (including phenoxy) is 1. The van der Waals surface area contributed by atoms with Crippen LogP contribution in [0.3, 0.4) is 0 Å². The van der Waals surface area contributed by atoms with Gasteiger partial charge in [0.2, 0.25) is 0 Å². The van der Waals surface area contributed by atoms with Crippen molar-refractivity contribution in [3.05, 3.63) is 95.6 Å². The van der Waals surface area contributed by atoms with E-state index in [0.29, 0.717) is 29.2 Å². The lowest BCUT2D eigenvalue weighted by Crippen LogP contribution is -2.14. The lowest BCUT2D eigenvalue weighted by Gasteiger charge is -2.12. The number of ketones is 1. The number of amides is 1. The van der Waals surface area contributed by atoms with Gasteiger partial charge in [0, 0.05) is 11.3 Å². The Labute approximate surface area is 152 Å². The number of carbonyl (C=O) groups excluding carboxylic acids is 2. The van der Waals surface area contributed by atoms with Crippen molar-refractivity contribution in [1.29, 1.82) is 0 Å². The van der Waals surface area contributed by atoms with E-state index in [1.54, 1.807) is 42.5 Å². The topological polar surface area (TPSA) is 55.4 Å². The van der Waals surface area contributed by atoms with Gasteiger partial charge in [-0.2, -0.15) is 0 Å². The molecule has 0 aliphatic carbocycles. The molecule has 0 aromatic heterocycles. The smallest absolute Gasteiger partial charge is 0.259 e. The van der Waals surface area contributed by atoms with Gasteiger partial charge in [0.25, 0.3) is 5.91 Å². The second-order valence-corrected chi connectivity index (χ2v) is 5.86. The third kappa shape index (κ3) is 4.36. The molecule has 0 unspecified atom stereocenters. The fourth-order valence-electron chi connectivity index (χ4n) is 2.53. The molecule has 130 valence electrons. The summed E-state index contributed by atoms with van der Waals surface area (Å²) in [4.78, 5) is 24.1. The van der Waals surface area contributed by atoms with E-state index in [1.165, 1.54) is 6.92 Å². The molecule has 0 saturated carbocycles. The number of anilines is 1. The molecule has 26 heavy (non-hydrogen) atoms. The van der Waals surface area contributed by atoms with Gasteiger partial charge in [-0.1, -0.05) is 54.6 Å². The highest BCUT2D eigenvalue weighted by Gasteiger charge is 2.13. The molecule has 0 aliphatic heterocycles. The van der Waals surface area contributed by atoms with E-state index in [-0.39, 0.29) is 11.7 Å². The Morgan fingerprint density at radius 3 is 2.38 bits per heavy atom. The summed E-state index contributed by atoms with van der Waals surface area (Å²) in [5.74, 6) is 0.179. The highest BCUT2D eigenvalue weighted by atomic mass is 16.5. The molecule has 0 atom stereocenters. The fraction of sp³-hybridized carbons (Fsp3) is 0.0909. The molecular formula is C22H19NO3. The van der Waals surface area contributed by atoms with Gasteiger partial charge < -0.3 is 10.1 Å². The Morgan fingerprint density at radius 2 is 1.62 bits per heavy atom. The Hall–Kier alpha value is -3.40. The second kappa shape index (κ2) is 8.12. The first-order chi connectivity index (χ1) is 12.6. The summed E-state index contributed by atoms with van der Waals surface area (Å²) in [5, 5.41) is 2.82. The summed E-state index contributed by atoms with van der Waals surface area (Å²) in [6.07, 6.45) is 0. The number of carbonyl (C=O) groups is 2. The van der Waals surface area contributed by atoms with Crippen LogP contribution in [0, 0.1) is 0 Å². The van der Waals surface area contributed by atoms with Gasteiger partial charge in [-0.25, -0.2) is 0 Å². The quantitative estimate of drug-likeness (QED) is 0.658. The van der Waals surface area contributed by atoms with Crippen LogP contribution in [0.5, 0.6) is 5.75 Å². The van der Waals surface area contributed by atoms with Crippen LogP contribution in [0.2, 0.25) is 0 Å². The van der Waals surface area contributed by atoms with Gasteiger partial charge in [0.15, 0.2) is 5.78 Å². The van der Waals surface area contributed by atoms with Crippen molar-refractivity contribution < 1.29 is 14.3 Å². The molecule has 3 aromatic rings. The predicted octanol–water partition coefficient (Wildman–Crippen LogP) is 4.72. The maximum absolute atomic E-state index is 12.7. The molecule has 0 aliphatic rings. The number of hydrogen-bond acceptors (Lipinski definition) is 3. The number of rotatable bonds is 6. The Morgan fingerprint density at radius 1 is 0.885 bits per heavy atom. The van der Waals surface area contributed by atoms with Crippen molar-refractivity contribution in [3.8, 4) is 5.75 Å². The van der Waals surface area contributed by atoms with Crippen molar-refractivity contribution >= 4 is 17.4 Å². The van der Waals surface area contributed by atoms with E-state index in [9.17, 15) is 9.59 Å². The van der Waals surface area contributed by atoms with Crippen LogP contribution in [-0.2, 0) is 6.61 Å². The molecule has 4 heteroatoms. The predicted molar refractivity (Wildman–Crippen MR) is 102 cm³/mol. The first kappa shape index (κ1) is 17.4. The Bertz CT molecular complexity index is 919. The van der Waals surface area contributed by atoms with Gasteiger partial charge >= 0.3 is 0 Å². The highest BCUT2D eigenvalue weighted by Crippen LogP contribution is 2.21. The second-order valence-electron chi connectivity index (χ2n) is 5.86. The first-order valence-electron chi connectivity index (χ1n) is 8.31. The average Bonchev–Trinajstić information content (AvgIpc) is 2.67. The van der Waals surface area contributed by atoms with Crippen molar-refractivity contribution in [1.82, 2.24) is 0 Å². The monoisotopic (exact) mass is 345 g/mol. The minimum atomic E-state index is -0.283. The zero-order chi connectivity index (χ0) is 18.4. The van der Waals surface area contributed by atoms with E-state index >= 15 is 0 Å². The van der Waals surface area contributed by atoms with E-state index in [0.717, 1.165) is 5.56 Å². The zero-order valence-corrected chi connectivity index (χ0v) is 14.4. The SMILES string of the molecule is CC(=O)c1cccc(NC(=O)c2ccccc2OCc2ccccc2)c1. The summed E-state index contributed by atoms with van der Waals surface area (Å²) in [7, 11) is 0. The fourth-order valence-corrected chi connectivity index (χ4v) is 2.53. The van der Waals surface area contributed by atoms with E-state index in [2.05, 4.69) is 5.32 Å². The number of hydrogen-bond donors (Lipinski definition) is 1. The van der Waals surface area contributed by atoms with Crippen molar-refractivity contribution in [2.24, 2.45) is 0 Å². The molecule has 0 spiro atoms. The van der Waals surface area contributed by atoms with Crippen molar-refractivity contribution in [3.63, 3.8) is 0 Å². The molecule has 1 N–H and O–H groups in total. The maximum Gasteiger partial charge on any atom is 0.259 e. The third-order valence-electron chi connectivity index (χ3n) is 3.90. The van der Waals surface area contributed by atoms with Crippen molar-refractivity contribution in [2.75, 3.05) is 5.32 Å². The van der Waals surface area contributed by atoms with Crippen LogP contribution < -0.4 is 10.1 Å². The zero-order valence-electron chi connectivity index (χ0n) is 14.4. The number of Topliss-reactive ketones (excluding diaryl/α,β-unsaturated/α-hetero) is 1. The van der Waals surface area contributed by atoms with Crippen LogP contribution in [0.15, 0.2) is 78.9 Å². The van der Waals surface area contributed by atoms with Crippen LogP contribution >= 0.6 is 0 Å². The van der Waals surface area contributed by atoms with E-state index in [1.807, 2.05) is 36.4 Å². The van der Waals surface area contributed by atoms with Crippen LogP contribution in [0.4, 0.5) is 5.69 Å². The normalized spacial score (nSPS) is 10.2. The third-order valence-corrected chi connectivity index (χ3v) is 3.90. The average molecular weight is 345 g/mol.